The summed E-state index contributed by atoms with van der Waals surface area (Å²) in [6.45, 7) is 2.62. The summed E-state index contributed by atoms with van der Waals surface area (Å²) in [7, 11) is 0. The molecule has 1 atom stereocenters. The van der Waals surface area contributed by atoms with Gasteiger partial charge in [-0.2, -0.15) is 0 Å². The lowest BCUT2D eigenvalue weighted by Gasteiger charge is -2.17. The number of imide groups is 1. The maximum atomic E-state index is 12.5. The fourth-order valence-corrected chi connectivity index (χ4v) is 4.65. The van der Waals surface area contributed by atoms with E-state index >= 15 is 0 Å². The summed E-state index contributed by atoms with van der Waals surface area (Å²) in [5.41, 5.74) is 2.69. The van der Waals surface area contributed by atoms with Crippen LogP contribution in [0.2, 0.25) is 0 Å². The number of hydrogen-bond donors (Lipinski definition) is 6. The third-order valence-corrected chi connectivity index (χ3v) is 6.96. The molecule has 0 unspecified atom stereocenters. The van der Waals surface area contributed by atoms with E-state index in [4.69, 9.17) is 19.7 Å². The molecule has 1 saturated heterocycles. The number of benzene rings is 2. The molecule has 6 N–H and O–H groups in total. The summed E-state index contributed by atoms with van der Waals surface area (Å²) < 4.78 is 5.75. The van der Waals surface area contributed by atoms with E-state index in [1.165, 1.54) is 11.0 Å². The van der Waals surface area contributed by atoms with E-state index in [-0.39, 0.29) is 18.9 Å². The first-order valence-corrected chi connectivity index (χ1v) is 15.0. The first-order chi connectivity index (χ1) is 21.5. The summed E-state index contributed by atoms with van der Waals surface area (Å²) in [5.74, 6) is -2.55. The molecular weight excluding hydrogens is 586 g/mol. The Balaban J connectivity index is 0.00000166. The van der Waals surface area contributed by atoms with Crippen molar-refractivity contribution in [3.05, 3.63) is 59.2 Å². The number of rotatable bonds is 19. The molecule has 3 amide bonds. The molecule has 45 heavy (non-hydrogen) atoms. The number of phenols is 1. The Labute approximate surface area is 263 Å². The van der Waals surface area contributed by atoms with Gasteiger partial charge in [0.2, 0.25) is 0 Å². The van der Waals surface area contributed by atoms with Gasteiger partial charge in [-0.15, -0.1) is 0 Å². The number of hydrogen-bond acceptors (Lipinski definition) is 9. The number of aryl methyl sites for hydroxylation is 1. The minimum absolute atomic E-state index is 0.0223. The fraction of sp³-hybridized carbons (Fsp3) is 0.500. The number of anilines is 1. The molecule has 1 aliphatic heterocycles. The van der Waals surface area contributed by atoms with Gasteiger partial charge in [-0.3, -0.25) is 24.2 Å². The zero-order valence-electron chi connectivity index (χ0n) is 25.7. The summed E-state index contributed by atoms with van der Waals surface area (Å²) in [5, 5.41) is 48.7. The number of nitrogens with zero attached hydrogens (tertiary/aromatic N) is 2. The maximum absolute atomic E-state index is 12.5. The van der Waals surface area contributed by atoms with Crippen LogP contribution in [0.4, 0.5) is 10.5 Å². The van der Waals surface area contributed by atoms with Gasteiger partial charge in [0.15, 0.2) is 0 Å². The van der Waals surface area contributed by atoms with E-state index in [0.29, 0.717) is 36.6 Å². The Morgan fingerprint density at radius 1 is 0.978 bits per heavy atom. The van der Waals surface area contributed by atoms with Gasteiger partial charge in [0.05, 0.1) is 12.7 Å². The van der Waals surface area contributed by atoms with Crippen LogP contribution in [0.5, 0.6) is 5.75 Å². The van der Waals surface area contributed by atoms with Crippen molar-refractivity contribution in [3.8, 4) is 5.75 Å². The van der Waals surface area contributed by atoms with Gasteiger partial charge in [-0.05, 0) is 74.0 Å². The lowest BCUT2D eigenvalue weighted by Crippen LogP contribution is -2.36. The maximum Gasteiger partial charge on any atom is 0.332 e. The number of unbranched alkanes of at least 4 members (excludes halogenated alkanes) is 4. The van der Waals surface area contributed by atoms with E-state index in [0.717, 1.165) is 68.9 Å². The molecule has 2 aromatic carbocycles. The Bertz CT molecular complexity index is 1250. The number of aliphatic carboxylic acids is 2. The molecule has 13 nitrogen and oxygen atoms in total. The van der Waals surface area contributed by atoms with E-state index in [9.17, 15) is 29.7 Å². The Kier molecular flexibility index (Phi) is 16.6. The third-order valence-electron chi connectivity index (χ3n) is 6.96. The Hall–Kier alpha value is -4.04. The number of aromatic hydroxyl groups is 1. The lowest BCUT2D eigenvalue weighted by molar-refractivity contribution is -0.141. The van der Waals surface area contributed by atoms with E-state index in [1.54, 1.807) is 18.2 Å². The fourth-order valence-electron chi connectivity index (χ4n) is 4.65. The van der Waals surface area contributed by atoms with E-state index in [1.807, 2.05) is 18.2 Å². The lowest BCUT2D eigenvalue weighted by atomic mass is 10.1. The summed E-state index contributed by atoms with van der Waals surface area (Å²) >= 11 is 0. The van der Waals surface area contributed by atoms with Crippen molar-refractivity contribution in [2.24, 2.45) is 0 Å². The van der Waals surface area contributed by atoms with Gasteiger partial charge in [0.1, 0.15) is 18.8 Å². The number of carbonyl (C=O) groups excluding carboxylic acids is 2. The van der Waals surface area contributed by atoms with Gasteiger partial charge < -0.3 is 35.6 Å². The molecule has 0 radical (unpaired) electrons. The standard InChI is InChI=1S/C30H41N3O8.C2H4O2/c34-21-24-17-23(11-12-26(24)35)27(36)18-31-13-4-1-2-5-14-41-15-6-3-8-22-9-7-10-25(16-22)32-19-28(37)33(30(32)40)20-29(38)39;1-2(3)4/h7,9-12,16-17,27,31,34-36H,1-6,8,13-15,18-21H2,(H,38,39);1H3,(H,3,4)/t27-;/m0./s1. The highest BCUT2D eigenvalue weighted by molar-refractivity contribution is 6.13. The highest BCUT2D eigenvalue weighted by atomic mass is 16.5. The number of carboxylic acids is 2. The molecule has 248 valence electrons. The van der Waals surface area contributed by atoms with Gasteiger partial charge in [-0.25, -0.2) is 4.79 Å². The Morgan fingerprint density at radius 3 is 2.36 bits per heavy atom. The second kappa shape index (κ2) is 20.1. The van der Waals surface area contributed by atoms with Crippen molar-refractivity contribution in [2.75, 3.05) is 44.3 Å². The van der Waals surface area contributed by atoms with Crippen LogP contribution in [-0.2, 0) is 32.1 Å². The average Bonchev–Trinajstić information content (AvgIpc) is 3.27. The molecule has 3 rings (SSSR count). The van der Waals surface area contributed by atoms with Gasteiger partial charge >= 0.3 is 12.0 Å². The average molecular weight is 632 g/mol. The van der Waals surface area contributed by atoms with Crippen LogP contribution in [0.25, 0.3) is 0 Å². The second-order valence-electron chi connectivity index (χ2n) is 10.7. The number of ether oxygens (including phenoxy) is 1. The second-order valence-corrected chi connectivity index (χ2v) is 10.7. The third kappa shape index (κ3) is 13.6. The number of aliphatic hydroxyl groups excluding tert-OH is 2. The van der Waals surface area contributed by atoms with Crippen molar-refractivity contribution in [3.63, 3.8) is 0 Å². The smallest absolute Gasteiger partial charge is 0.332 e. The van der Waals surface area contributed by atoms with Crippen molar-refractivity contribution in [1.82, 2.24) is 10.2 Å². The quantitative estimate of drug-likeness (QED) is 0.0984. The minimum atomic E-state index is -1.22. The number of aliphatic hydroxyl groups is 2. The highest BCUT2D eigenvalue weighted by Gasteiger charge is 2.38. The predicted octanol–water partition coefficient (Wildman–Crippen LogP) is 3.05. The van der Waals surface area contributed by atoms with Crippen LogP contribution in [0.3, 0.4) is 0 Å². The zero-order valence-corrected chi connectivity index (χ0v) is 25.7. The van der Waals surface area contributed by atoms with Crippen LogP contribution in [0.1, 0.15) is 68.2 Å². The van der Waals surface area contributed by atoms with Gasteiger partial charge in [0, 0.05) is 37.9 Å². The molecule has 1 heterocycles. The molecular formula is C32H45N3O10. The Morgan fingerprint density at radius 2 is 1.67 bits per heavy atom. The first kappa shape index (κ1) is 37.1. The topological polar surface area (TPSA) is 197 Å². The van der Waals surface area contributed by atoms with Crippen LogP contribution >= 0.6 is 0 Å². The zero-order chi connectivity index (χ0) is 33.2. The highest BCUT2D eigenvalue weighted by Crippen LogP contribution is 2.24. The molecule has 0 spiro atoms. The normalized spacial score (nSPS) is 13.5. The van der Waals surface area contributed by atoms with Crippen molar-refractivity contribution >= 4 is 29.6 Å². The van der Waals surface area contributed by atoms with Gasteiger partial charge in [-0.1, -0.05) is 31.0 Å². The van der Waals surface area contributed by atoms with Crippen LogP contribution in [0.15, 0.2) is 42.5 Å². The number of carbonyl (C=O) groups is 4. The minimum Gasteiger partial charge on any atom is -0.508 e. The van der Waals surface area contributed by atoms with E-state index < -0.39 is 36.5 Å². The number of carboxylic acid groups (broad SMARTS) is 2. The van der Waals surface area contributed by atoms with Crippen LogP contribution < -0.4 is 10.2 Å². The molecule has 0 aromatic heterocycles. The number of amides is 3. The molecule has 1 fully saturated rings. The molecule has 13 heteroatoms. The summed E-state index contributed by atoms with van der Waals surface area (Å²) in [6, 6.07) is 11.6. The van der Waals surface area contributed by atoms with E-state index in [2.05, 4.69) is 5.32 Å². The SMILES string of the molecule is CC(=O)O.O=C(O)CN1C(=O)CN(c2cccc(CCCCOCCCCCCNC[C@H](O)c3ccc(O)c(CO)c3)c2)C1=O. The molecule has 1 aliphatic rings. The van der Waals surface area contributed by atoms with Crippen LogP contribution in [0, 0.1) is 0 Å². The summed E-state index contributed by atoms with van der Waals surface area (Å²) in [6.07, 6.45) is 6.06. The monoisotopic (exact) mass is 631 g/mol. The molecule has 2 aromatic rings. The predicted molar refractivity (Wildman–Crippen MR) is 166 cm³/mol. The van der Waals surface area contributed by atoms with Crippen molar-refractivity contribution in [2.45, 2.75) is 64.6 Å². The summed E-state index contributed by atoms with van der Waals surface area (Å²) in [4.78, 5) is 46.5. The first-order valence-electron chi connectivity index (χ1n) is 15.0. The number of urea groups is 1. The molecule has 0 saturated carbocycles. The largest absolute Gasteiger partial charge is 0.508 e. The molecule has 0 aliphatic carbocycles. The van der Waals surface area contributed by atoms with Crippen molar-refractivity contribution < 1.29 is 49.4 Å². The van der Waals surface area contributed by atoms with Crippen LogP contribution in [-0.4, -0.2) is 93.7 Å². The molecule has 0 bridgehead atoms. The number of nitrogens with one attached hydrogen (secondary N) is 1. The van der Waals surface area contributed by atoms with Crippen molar-refractivity contribution in [1.29, 1.82) is 0 Å². The van der Waals surface area contributed by atoms with Gasteiger partial charge in [0.25, 0.3) is 11.9 Å².